The van der Waals surface area contributed by atoms with E-state index >= 15 is 0 Å². The third kappa shape index (κ3) is 4.32. The lowest BCUT2D eigenvalue weighted by atomic mass is 10.1. The summed E-state index contributed by atoms with van der Waals surface area (Å²) in [7, 11) is 1.72. The Kier molecular flexibility index (Phi) is 5.67. The summed E-state index contributed by atoms with van der Waals surface area (Å²) in [6, 6.07) is 7.91. The fourth-order valence-electron chi connectivity index (χ4n) is 2.83. The first-order valence-electron chi connectivity index (χ1n) is 7.83. The van der Waals surface area contributed by atoms with Gasteiger partial charge in [0.05, 0.1) is 31.3 Å². The first kappa shape index (κ1) is 16.5. The molecule has 1 aromatic carbocycles. The minimum absolute atomic E-state index is 0.0939. The largest absolute Gasteiger partial charge is 0.383 e. The summed E-state index contributed by atoms with van der Waals surface area (Å²) in [4.78, 5) is 6.67. The molecule has 6 heteroatoms. The summed E-state index contributed by atoms with van der Waals surface area (Å²) >= 11 is 5.96. The summed E-state index contributed by atoms with van der Waals surface area (Å²) in [5, 5.41) is 0.753. The van der Waals surface area contributed by atoms with Crippen molar-refractivity contribution in [2.24, 2.45) is 0 Å². The molecule has 23 heavy (non-hydrogen) atoms. The Morgan fingerprint density at radius 1 is 1.35 bits per heavy atom. The molecule has 0 bridgehead atoms. The van der Waals surface area contributed by atoms with E-state index in [0.29, 0.717) is 6.61 Å². The zero-order chi connectivity index (χ0) is 16.1. The number of ether oxygens (including phenoxy) is 2. The van der Waals surface area contributed by atoms with Crippen LogP contribution in [-0.4, -0.2) is 47.9 Å². The molecule has 0 aliphatic carbocycles. The van der Waals surface area contributed by atoms with Crippen LogP contribution in [0.15, 0.2) is 36.8 Å². The number of imidazole rings is 1. The van der Waals surface area contributed by atoms with Crippen LogP contribution in [-0.2, 0) is 22.6 Å². The maximum Gasteiger partial charge on any atom is 0.0952 e. The van der Waals surface area contributed by atoms with Crippen molar-refractivity contribution in [1.29, 1.82) is 0 Å². The van der Waals surface area contributed by atoms with Crippen LogP contribution >= 0.6 is 11.6 Å². The number of benzene rings is 1. The number of nitrogens with zero attached hydrogens (tertiary/aromatic N) is 3. The lowest BCUT2D eigenvalue weighted by molar-refractivity contribution is -0.0336. The van der Waals surface area contributed by atoms with Crippen molar-refractivity contribution in [1.82, 2.24) is 14.5 Å². The van der Waals surface area contributed by atoms with E-state index in [1.165, 1.54) is 11.3 Å². The van der Waals surface area contributed by atoms with E-state index in [1.54, 1.807) is 7.11 Å². The van der Waals surface area contributed by atoms with Gasteiger partial charge in [0, 0.05) is 44.5 Å². The zero-order valence-corrected chi connectivity index (χ0v) is 14.1. The summed E-state index contributed by atoms with van der Waals surface area (Å²) in [5.74, 6) is 0. The number of halogens is 1. The van der Waals surface area contributed by atoms with Gasteiger partial charge >= 0.3 is 0 Å². The van der Waals surface area contributed by atoms with Crippen LogP contribution in [0.5, 0.6) is 0 Å². The van der Waals surface area contributed by atoms with Gasteiger partial charge in [-0.1, -0.05) is 23.7 Å². The smallest absolute Gasteiger partial charge is 0.0952 e. The second-order valence-corrected chi connectivity index (χ2v) is 6.15. The van der Waals surface area contributed by atoms with Crippen LogP contribution in [0.1, 0.15) is 17.4 Å². The van der Waals surface area contributed by atoms with Crippen molar-refractivity contribution in [2.45, 2.75) is 19.2 Å². The molecule has 124 valence electrons. The average molecular weight is 336 g/mol. The summed E-state index contributed by atoms with van der Waals surface area (Å²) in [6.45, 7) is 4.93. The number of hydrogen-bond acceptors (Lipinski definition) is 4. The second kappa shape index (κ2) is 7.93. The van der Waals surface area contributed by atoms with Gasteiger partial charge in [-0.3, -0.25) is 4.90 Å². The molecular weight excluding hydrogens is 314 g/mol. The van der Waals surface area contributed by atoms with Crippen molar-refractivity contribution in [3.63, 3.8) is 0 Å². The van der Waals surface area contributed by atoms with Crippen molar-refractivity contribution < 1.29 is 9.47 Å². The minimum Gasteiger partial charge on any atom is -0.383 e. The van der Waals surface area contributed by atoms with E-state index in [2.05, 4.69) is 14.5 Å². The summed E-state index contributed by atoms with van der Waals surface area (Å²) in [5.41, 5.74) is 2.38. The van der Waals surface area contributed by atoms with E-state index in [9.17, 15) is 0 Å². The number of hydrogen-bond donors (Lipinski definition) is 0. The van der Waals surface area contributed by atoms with Gasteiger partial charge in [0.15, 0.2) is 0 Å². The second-order valence-electron chi connectivity index (χ2n) is 5.72. The fourth-order valence-corrected chi connectivity index (χ4v) is 2.95. The Balaban J connectivity index is 1.62. The predicted molar refractivity (Wildman–Crippen MR) is 89.5 cm³/mol. The highest BCUT2D eigenvalue weighted by molar-refractivity contribution is 6.30. The summed E-state index contributed by atoms with van der Waals surface area (Å²) < 4.78 is 13.2. The SMILES string of the molecule is COCCn1cncc1CN1CCO[C@H](c2ccc(Cl)cc2)C1. The molecular formula is C17H22ClN3O2. The van der Waals surface area contributed by atoms with E-state index < -0.39 is 0 Å². The molecule has 1 atom stereocenters. The van der Waals surface area contributed by atoms with E-state index in [4.69, 9.17) is 21.1 Å². The molecule has 1 aromatic heterocycles. The molecule has 0 unspecified atom stereocenters. The number of aromatic nitrogens is 2. The predicted octanol–water partition coefficient (Wildman–Crippen LogP) is 2.76. The molecule has 0 saturated carbocycles. The van der Waals surface area contributed by atoms with Crippen LogP contribution in [0.25, 0.3) is 0 Å². The normalized spacial score (nSPS) is 19.1. The van der Waals surface area contributed by atoms with Gasteiger partial charge in [-0.05, 0) is 17.7 Å². The Bertz CT molecular complexity index is 615. The van der Waals surface area contributed by atoms with E-state index in [-0.39, 0.29) is 6.10 Å². The molecule has 0 spiro atoms. The zero-order valence-electron chi connectivity index (χ0n) is 13.3. The Morgan fingerprint density at radius 2 is 2.17 bits per heavy atom. The lowest BCUT2D eigenvalue weighted by Crippen LogP contribution is -2.38. The third-order valence-corrected chi connectivity index (χ3v) is 4.36. The first-order valence-corrected chi connectivity index (χ1v) is 8.21. The molecule has 2 heterocycles. The fraction of sp³-hybridized carbons (Fsp3) is 0.471. The van der Waals surface area contributed by atoms with Gasteiger partial charge in [0.1, 0.15) is 0 Å². The number of methoxy groups -OCH3 is 1. The topological polar surface area (TPSA) is 39.5 Å². The van der Waals surface area contributed by atoms with Crippen LogP contribution in [0.2, 0.25) is 5.02 Å². The molecule has 0 amide bonds. The Hall–Kier alpha value is -1.40. The van der Waals surface area contributed by atoms with Gasteiger partial charge < -0.3 is 14.0 Å². The van der Waals surface area contributed by atoms with Crippen molar-refractivity contribution in [2.75, 3.05) is 33.4 Å². The first-order chi connectivity index (χ1) is 11.3. The number of rotatable bonds is 6. The highest BCUT2D eigenvalue weighted by Crippen LogP contribution is 2.24. The highest BCUT2D eigenvalue weighted by atomic mass is 35.5. The van der Waals surface area contributed by atoms with Gasteiger partial charge in [-0.25, -0.2) is 4.98 Å². The van der Waals surface area contributed by atoms with E-state index in [0.717, 1.165) is 37.8 Å². The standard InChI is InChI=1S/C17H22ClN3O2/c1-22-8-7-21-13-19-10-16(21)11-20-6-9-23-17(12-20)14-2-4-15(18)5-3-14/h2-5,10,13,17H,6-9,11-12H2,1H3/t17-/m0/s1. The molecule has 1 saturated heterocycles. The van der Waals surface area contributed by atoms with Crippen molar-refractivity contribution in [3.05, 3.63) is 53.1 Å². The molecule has 1 fully saturated rings. The highest BCUT2D eigenvalue weighted by Gasteiger charge is 2.22. The average Bonchev–Trinajstić information content (AvgIpc) is 3.01. The van der Waals surface area contributed by atoms with Crippen molar-refractivity contribution in [3.8, 4) is 0 Å². The quantitative estimate of drug-likeness (QED) is 0.813. The van der Waals surface area contributed by atoms with Crippen LogP contribution in [0.4, 0.5) is 0 Å². The molecule has 1 aliphatic rings. The maximum absolute atomic E-state index is 5.96. The van der Waals surface area contributed by atoms with Gasteiger partial charge in [-0.15, -0.1) is 0 Å². The summed E-state index contributed by atoms with van der Waals surface area (Å²) in [6.07, 6.45) is 3.89. The van der Waals surface area contributed by atoms with Gasteiger partial charge in [0.25, 0.3) is 0 Å². The number of morpholine rings is 1. The monoisotopic (exact) mass is 335 g/mol. The lowest BCUT2D eigenvalue weighted by Gasteiger charge is -2.33. The minimum atomic E-state index is 0.0939. The molecule has 0 radical (unpaired) electrons. The Labute approximate surface area is 141 Å². The molecule has 0 N–H and O–H groups in total. The Morgan fingerprint density at radius 3 is 2.96 bits per heavy atom. The van der Waals surface area contributed by atoms with Crippen molar-refractivity contribution >= 4 is 11.6 Å². The molecule has 5 nitrogen and oxygen atoms in total. The van der Waals surface area contributed by atoms with Crippen LogP contribution in [0, 0.1) is 0 Å². The molecule has 1 aliphatic heterocycles. The van der Waals surface area contributed by atoms with E-state index in [1.807, 2.05) is 36.8 Å². The van der Waals surface area contributed by atoms with Gasteiger partial charge in [0.2, 0.25) is 0 Å². The maximum atomic E-state index is 5.96. The van der Waals surface area contributed by atoms with Gasteiger partial charge in [-0.2, -0.15) is 0 Å². The van der Waals surface area contributed by atoms with Crippen LogP contribution in [0.3, 0.4) is 0 Å². The third-order valence-electron chi connectivity index (χ3n) is 4.11. The van der Waals surface area contributed by atoms with Crippen LogP contribution < -0.4 is 0 Å². The molecule has 3 rings (SSSR count). The molecule has 2 aromatic rings.